The van der Waals surface area contributed by atoms with Crippen molar-refractivity contribution >= 4 is 28.3 Å². The SMILES string of the molecule is Cn1cc(CNc2ccc(F)cc2I)nn1. The molecule has 0 bridgehead atoms. The summed E-state index contributed by atoms with van der Waals surface area (Å²) in [6.45, 7) is 0.579. The second kappa shape index (κ2) is 4.77. The van der Waals surface area contributed by atoms with Crippen LogP contribution in [0.25, 0.3) is 0 Å². The molecule has 0 fully saturated rings. The second-order valence-electron chi connectivity index (χ2n) is 3.36. The molecule has 4 nitrogen and oxygen atoms in total. The van der Waals surface area contributed by atoms with Gasteiger partial charge in [0.05, 0.1) is 6.54 Å². The van der Waals surface area contributed by atoms with E-state index in [1.807, 2.05) is 13.2 Å². The van der Waals surface area contributed by atoms with Gasteiger partial charge in [0.15, 0.2) is 0 Å². The summed E-state index contributed by atoms with van der Waals surface area (Å²) in [7, 11) is 1.82. The lowest BCUT2D eigenvalue weighted by atomic mass is 10.3. The smallest absolute Gasteiger partial charge is 0.124 e. The molecular weight excluding hydrogens is 322 g/mol. The number of aromatic nitrogens is 3. The molecule has 0 amide bonds. The van der Waals surface area contributed by atoms with E-state index in [0.717, 1.165) is 15.0 Å². The third kappa shape index (κ3) is 2.69. The van der Waals surface area contributed by atoms with Gasteiger partial charge in [0.1, 0.15) is 11.5 Å². The zero-order chi connectivity index (χ0) is 11.5. The third-order valence-corrected chi connectivity index (χ3v) is 2.93. The molecule has 0 radical (unpaired) electrons. The molecule has 2 aromatic rings. The topological polar surface area (TPSA) is 42.7 Å². The summed E-state index contributed by atoms with van der Waals surface area (Å²) in [6, 6.07) is 4.63. The minimum Gasteiger partial charge on any atom is -0.378 e. The van der Waals surface area contributed by atoms with Gasteiger partial charge in [-0.25, -0.2) is 4.39 Å². The Hall–Kier alpha value is -1.18. The van der Waals surface area contributed by atoms with Crippen molar-refractivity contribution in [2.75, 3.05) is 5.32 Å². The average Bonchev–Trinajstić information content (AvgIpc) is 2.63. The molecule has 0 aliphatic heterocycles. The maximum Gasteiger partial charge on any atom is 0.124 e. The maximum absolute atomic E-state index is 12.9. The van der Waals surface area contributed by atoms with Crippen molar-refractivity contribution in [2.45, 2.75) is 6.54 Å². The van der Waals surface area contributed by atoms with Crippen LogP contribution >= 0.6 is 22.6 Å². The number of halogens is 2. The predicted octanol–water partition coefficient (Wildman–Crippen LogP) is 2.17. The Morgan fingerprint density at radius 1 is 1.50 bits per heavy atom. The molecule has 1 aromatic carbocycles. The normalized spacial score (nSPS) is 10.4. The Labute approximate surface area is 106 Å². The average molecular weight is 332 g/mol. The monoisotopic (exact) mass is 332 g/mol. The highest BCUT2D eigenvalue weighted by atomic mass is 127. The van der Waals surface area contributed by atoms with Crippen molar-refractivity contribution in [3.8, 4) is 0 Å². The number of hydrogen-bond acceptors (Lipinski definition) is 3. The standard InChI is InChI=1S/C10H10FIN4/c1-16-6-8(14-15-16)5-13-10-3-2-7(11)4-9(10)12/h2-4,6,13H,5H2,1H3. The Kier molecular flexibility index (Phi) is 3.37. The Morgan fingerprint density at radius 2 is 2.31 bits per heavy atom. The fraction of sp³-hybridized carbons (Fsp3) is 0.200. The number of nitrogens with zero attached hydrogens (tertiary/aromatic N) is 3. The van der Waals surface area contributed by atoms with Crippen LogP contribution in [0.2, 0.25) is 0 Å². The van der Waals surface area contributed by atoms with Gasteiger partial charge in [-0.2, -0.15) is 0 Å². The predicted molar refractivity (Wildman–Crippen MR) is 67.4 cm³/mol. The first-order chi connectivity index (χ1) is 7.65. The van der Waals surface area contributed by atoms with Crippen LogP contribution < -0.4 is 5.32 Å². The number of hydrogen-bond donors (Lipinski definition) is 1. The Bertz CT molecular complexity index is 497. The van der Waals surface area contributed by atoms with Crippen molar-refractivity contribution in [1.82, 2.24) is 15.0 Å². The van der Waals surface area contributed by atoms with Crippen LogP contribution in [0, 0.1) is 9.39 Å². The van der Waals surface area contributed by atoms with Crippen LogP contribution in [-0.2, 0) is 13.6 Å². The van der Waals surface area contributed by atoms with Gasteiger partial charge >= 0.3 is 0 Å². The lowest BCUT2D eigenvalue weighted by Crippen LogP contribution is -2.01. The van der Waals surface area contributed by atoms with E-state index >= 15 is 0 Å². The molecule has 1 aromatic heterocycles. The van der Waals surface area contributed by atoms with Gasteiger partial charge in [-0.05, 0) is 40.8 Å². The molecule has 0 aliphatic carbocycles. The largest absolute Gasteiger partial charge is 0.378 e. The highest BCUT2D eigenvalue weighted by Crippen LogP contribution is 2.19. The summed E-state index contributed by atoms with van der Waals surface area (Å²) in [4.78, 5) is 0. The van der Waals surface area contributed by atoms with Gasteiger partial charge in [-0.1, -0.05) is 5.21 Å². The number of anilines is 1. The molecule has 84 valence electrons. The molecule has 0 spiro atoms. The zero-order valence-electron chi connectivity index (χ0n) is 8.61. The number of benzene rings is 1. The maximum atomic E-state index is 12.9. The van der Waals surface area contributed by atoms with E-state index in [4.69, 9.17) is 0 Å². The first kappa shape index (κ1) is 11.3. The van der Waals surface area contributed by atoms with Crippen molar-refractivity contribution in [3.05, 3.63) is 39.5 Å². The summed E-state index contributed by atoms with van der Waals surface area (Å²) >= 11 is 2.09. The molecule has 6 heteroatoms. The third-order valence-electron chi connectivity index (χ3n) is 2.04. The quantitative estimate of drug-likeness (QED) is 0.876. The number of nitrogens with one attached hydrogen (secondary N) is 1. The first-order valence-corrected chi connectivity index (χ1v) is 5.77. The molecule has 0 aliphatic rings. The van der Waals surface area contributed by atoms with Gasteiger partial charge in [0.25, 0.3) is 0 Å². The summed E-state index contributed by atoms with van der Waals surface area (Å²) in [6.07, 6.45) is 1.84. The molecule has 0 unspecified atom stereocenters. The van der Waals surface area contributed by atoms with E-state index in [9.17, 15) is 4.39 Å². The molecule has 16 heavy (non-hydrogen) atoms. The fourth-order valence-corrected chi connectivity index (χ4v) is 1.96. The molecule has 1 N–H and O–H groups in total. The highest BCUT2D eigenvalue weighted by Gasteiger charge is 2.02. The molecule has 1 heterocycles. The summed E-state index contributed by atoms with van der Waals surface area (Å²) in [5, 5.41) is 11.0. The van der Waals surface area contributed by atoms with Crippen LogP contribution in [0.5, 0.6) is 0 Å². The van der Waals surface area contributed by atoms with Crippen LogP contribution in [0.3, 0.4) is 0 Å². The number of aryl methyl sites for hydroxylation is 1. The van der Waals surface area contributed by atoms with Gasteiger partial charge < -0.3 is 5.32 Å². The van der Waals surface area contributed by atoms with Crippen LogP contribution in [0.15, 0.2) is 24.4 Å². The minimum absolute atomic E-state index is 0.227. The summed E-state index contributed by atoms with van der Waals surface area (Å²) in [5.74, 6) is -0.227. The van der Waals surface area contributed by atoms with E-state index in [1.165, 1.54) is 12.1 Å². The molecule has 0 atom stereocenters. The van der Waals surface area contributed by atoms with E-state index in [-0.39, 0.29) is 5.82 Å². The van der Waals surface area contributed by atoms with Crippen LogP contribution in [-0.4, -0.2) is 15.0 Å². The Balaban J connectivity index is 2.04. The second-order valence-corrected chi connectivity index (χ2v) is 4.52. The van der Waals surface area contributed by atoms with Gasteiger partial charge in [-0.15, -0.1) is 5.10 Å². The summed E-state index contributed by atoms with van der Waals surface area (Å²) < 4.78 is 15.3. The van der Waals surface area contributed by atoms with Crippen LogP contribution in [0.4, 0.5) is 10.1 Å². The van der Waals surface area contributed by atoms with E-state index < -0.39 is 0 Å². The van der Waals surface area contributed by atoms with Crippen molar-refractivity contribution in [1.29, 1.82) is 0 Å². The van der Waals surface area contributed by atoms with Crippen molar-refractivity contribution in [3.63, 3.8) is 0 Å². The molecule has 0 saturated carbocycles. The minimum atomic E-state index is -0.227. The summed E-state index contributed by atoms with van der Waals surface area (Å²) in [5.41, 5.74) is 1.75. The van der Waals surface area contributed by atoms with E-state index in [0.29, 0.717) is 6.54 Å². The Morgan fingerprint density at radius 3 is 2.94 bits per heavy atom. The fourth-order valence-electron chi connectivity index (χ4n) is 1.29. The molecule has 2 rings (SSSR count). The van der Waals surface area contributed by atoms with Gasteiger partial charge in [0, 0.05) is 22.5 Å². The van der Waals surface area contributed by atoms with E-state index in [1.54, 1.807) is 10.7 Å². The zero-order valence-corrected chi connectivity index (χ0v) is 10.8. The van der Waals surface area contributed by atoms with Crippen molar-refractivity contribution < 1.29 is 4.39 Å². The lowest BCUT2D eigenvalue weighted by molar-refractivity contribution is 0.627. The van der Waals surface area contributed by atoms with E-state index in [2.05, 4.69) is 38.2 Å². The molecular formula is C10H10FIN4. The van der Waals surface area contributed by atoms with Gasteiger partial charge in [0.2, 0.25) is 0 Å². The molecule has 0 saturated heterocycles. The van der Waals surface area contributed by atoms with Gasteiger partial charge in [-0.3, -0.25) is 4.68 Å². The first-order valence-electron chi connectivity index (χ1n) is 4.69. The van der Waals surface area contributed by atoms with Crippen LogP contribution in [0.1, 0.15) is 5.69 Å². The number of rotatable bonds is 3. The highest BCUT2D eigenvalue weighted by molar-refractivity contribution is 14.1. The lowest BCUT2D eigenvalue weighted by Gasteiger charge is -2.06. The van der Waals surface area contributed by atoms with Crippen molar-refractivity contribution in [2.24, 2.45) is 7.05 Å².